The van der Waals surface area contributed by atoms with Gasteiger partial charge in [0.15, 0.2) is 0 Å². The summed E-state index contributed by atoms with van der Waals surface area (Å²) >= 11 is 0. The number of fused-ring (bicyclic) bond motifs is 2. The van der Waals surface area contributed by atoms with Crippen LogP contribution in [0.3, 0.4) is 0 Å². The smallest absolute Gasteiger partial charge is 0.339 e. The molecule has 0 aromatic carbocycles. The van der Waals surface area contributed by atoms with Crippen LogP contribution in [0.25, 0.3) is 0 Å². The van der Waals surface area contributed by atoms with Crippen LogP contribution >= 0.6 is 0 Å². The van der Waals surface area contributed by atoms with Gasteiger partial charge in [-0.2, -0.15) is 0 Å². The van der Waals surface area contributed by atoms with Gasteiger partial charge >= 0.3 is 5.97 Å². The first-order chi connectivity index (χ1) is 8.66. The summed E-state index contributed by atoms with van der Waals surface area (Å²) in [5.74, 6) is -1.06. The summed E-state index contributed by atoms with van der Waals surface area (Å²) in [6.07, 6.45) is 7.28. The average molecular weight is 245 g/mol. The van der Waals surface area contributed by atoms with Crippen molar-refractivity contribution in [3.8, 4) is 0 Å². The molecule has 1 amide bonds. The fourth-order valence-electron chi connectivity index (χ4n) is 2.49. The van der Waals surface area contributed by atoms with Crippen molar-refractivity contribution < 1.29 is 14.7 Å². The van der Waals surface area contributed by atoms with Gasteiger partial charge in [0.2, 0.25) is 5.91 Å². The lowest BCUT2D eigenvalue weighted by molar-refractivity contribution is -0.131. The molecule has 1 fully saturated rings. The van der Waals surface area contributed by atoms with Crippen LogP contribution in [0.5, 0.6) is 0 Å². The van der Waals surface area contributed by atoms with Gasteiger partial charge in [0, 0.05) is 6.20 Å². The highest BCUT2D eigenvalue weighted by atomic mass is 16.4. The Labute approximate surface area is 103 Å². The summed E-state index contributed by atoms with van der Waals surface area (Å²) in [5, 5.41) is 9.04. The molecule has 0 spiro atoms. The Kier molecular flexibility index (Phi) is 2.36. The summed E-state index contributed by atoms with van der Waals surface area (Å²) in [6, 6.07) is 0.0825. The average Bonchev–Trinajstić information content (AvgIpc) is 2.93. The lowest BCUT2D eigenvalue weighted by atomic mass is 10.1. The first-order valence-corrected chi connectivity index (χ1v) is 5.68. The zero-order chi connectivity index (χ0) is 12.7. The van der Waals surface area contributed by atoms with E-state index in [1.54, 1.807) is 4.90 Å². The lowest BCUT2D eigenvalue weighted by Crippen LogP contribution is -2.35. The minimum atomic E-state index is -1.07. The van der Waals surface area contributed by atoms with E-state index in [2.05, 4.69) is 9.97 Å². The highest BCUT2D eigenvalue weighted by molar-refractivity contribution is 5.89. The van der Waals surface area contributed by atoms with E-state index >= 15 is 0 Å². The molecule has 1 aliphatic heterocycles. The monoisotopic (exact) mass is 245 g/mol. The highest BCUT2D eigenvalue weighted by Gasteiger charge is 2.41. The van der Waals surface area contributed by atoms with Gasteiger partial charge in [-0.05, 0) is 6.42 Å². The molecule has 1 saturated heterocycles. The van der Waals surface area contributed by atoms with Crippen LogP contribution in [-0.4, -0.2) is 37.9 Å². The van der Waals surface area contributed by atoms with E-state index in [4.69, 9.17) is 5.11 Å². The first-order valence-electron chi connectivity index (χ1n) is 5.68. The molecular formula is C12H11N3O3. The third-order valence-corrected chi connectivity index (χ3v) is 3.41. The van der Waals surface area contributed by atoms with Crippen molar-refractivity contribution >= 4 is 11.9 Å². The number of carboxylic acids is 1. The largest absolute Gasteiger partial charge is 0.478 e. The van der Waals surface area contributed by atoms with Crippen LogP contribution in [0.4, 0.5) is 0 Å². The maximum Gasteiger partial charge on any atom is 0.339 e. The maximum atomic E-state index is 11.9. The van der Waals surface area contributed by atoms with Crippen molar-refractivity contribution in [1.29, 1.82) is 0 Å². The van der Waals surface area contributed by atoms with Crippen molar-refractivity contribution in [2.75, 3.05) is 0 Å². The number of carbonyl (C=O) groups excluding carboxylic acids is 1. The molecule has 6 nitrogen and oxygen atoms in total. The van der Waals surface area contributed by atoms with Crippen LogP contribution in [0, 0.1) is 5.92 Å². The quantitative estimate of drug-likeness (QED) is 0.782. The Bertz CT molecular complexity index is 555. The Hall–Kier alpha value is -2.24. The van der Waals surface area contributed by atoms with Crippen LogP contribution < -0.4 is 0 Å². The van der Waals surface area contributed by atoms with Gasteiger partial charge in [0.25, 0.3) is 0 Å². The van der Waals surface area contributed by atoms with Gasteiger partial charge in [-0.15, -0.1) is 0 Å². The summed E-state index contributed by atoms with van der Waals surface area (Å²) in [6.45, 7) is 0.231. The number of carbonyl (C=O) groups is 2. The molecule has 3 rings (SSSR count). The SMILES string of the molecule is O=C(O)c1cncnc1CN1C(=O)C2C=CC1C2. The van der Waals surface area contributed by atoms with E-state index < -0.39 is 5.97 Å². The zero-order valence-electron chi connectivity index (χ0n) is 9.48. The molecular weight excluding hydrogens is 234 g/mol. The summed E-state index contributed by atoms with van der Waals surface area (Å²) in [7, 11) is 0. The fraction of sp³-hybridized carbons (Fsp3) is 0.333. The Morgan fingerprint density at radius 1 is 1.50 bits per heavy atom. The number of nitrogens with zero attached hydrogens (tertiary/aromatic N) is 3. The lowest BCUT2D eigenvalue weighted by Gasteiger charge is -2.24. The molecule has 1 N–H and O–H groups in total. The molecule has 2 unspecified atom stereocenters. The van der Waals surface area contributed by atoms with Crippen LogP contribution in [-0.2, 0) is 11.3 Å². The third-order valence-electron chi connectivity index (χ3n) is 3.41. The molecule has 1 aromatic rings. The van der Waals surface area contributed by atoms with Crippen molar-refractivity contribution in [3.05, 3.63) is 35.9 Å². The topological polar surface area (TPSA) is 83.4 Å². The molecule has 18 heavy (non-hydrogen) atoms. The minimum absolute atomic E-state index is 0.0369. The van der Waals surface area contributed by atoms with Crippen LogP contribution in [0.1, 0.15) is 22.5 Å². The van der Waals surface area contributed by atoms with Gasteiger partial charge < -0.3 is 10.0 Å². The number of carboxylic acid groups (broad SMARTS) is 1. The molecule has 1 aromatic heterocycles. The number of likely N-dealkylation sites (tertiary alicyclic amines) is 1. The molecule has 1 aliphatic carbocycles. The summed E-state index contributed by atoms with van der Waals surface area (Å²) < 4.78 is 0. The van der Waals surface area contributed by atoms with E-state index in [0.29, 0.717) is 5.69 Å². The Morgan fingerprint density at radius 2 is 2.33 bits per heavy atom. The van der Waals surface area contributed by atoms with Crippen molar-refractivity contribution in [3.63, 3.8) is 0 Å². The van der Waals surface area contributed by atoms with E-state index in [0.717, 1.165) is 6.42 Å². The number of hydrogen-bond donors (Lipinski definition) is 1. The van der Waals surface area contributed by atoms with Crippen molar-refractivity contribution in [2.45, 2.75) is 19.0 Å². The van der Waals surface area contributed by atoms with Crippen molar-refractivity contribution in [2.24, 2.45) is 5.92 Å². The number of rotatable bonds is 3. The number of aromatic nitrogens is 2. The van der Waals surface area contributed by atoms with E-state index in [1.165, 1.54) is 12.5 Å². The molecule has 0 radical (unpaired) electrons. The Balaban J connectivity index is 1.88. The molecule has 92 valence electrons. The second kappa shape index (κ2) is 3.90. The van der Waals surface area contributed by atoms with Gasteiger partial charge in [-0.3, -0.25) is 4.79 Å². The summed E-state index contributed by atoms with van der Waals surface area (Å²) in [4.78, 5) is 32.3. The number of aromatic carboxylic acids is 1. The molecule has 2 heterocycles. The number of hydrogen-bond acceptors (Lipinski definition) is 4. The highest BCUT2D eigenvalue weighted by Crippen LogP contribution is 2.33. The second-order valence-corrected chi connectivity index (χ2v) is 4.45. The Morgan fingerprint density at radius 3 is 3.00 bits per heavy atom. The maximum absolute atomic E-state index is 11.9. The zero-order valence-corrected chi connectivity index (χ0v) is 9.48. The van der Waals surface area contributed by atoms with E-state index in [1.807, 2.05) is 12.2 Å². The van der Waals surface area contributed by atoms with Crippen LogP contribution in [0.15, 0.2) is 24.7 Å². The molecule has 0 saturated carbocycles. The standard InChI is InChI=1S/C12H11N3O3/c16-11-7-1-2-8(3-7)15(11)5-10-9(12(17)18)4-13-6-14-10/h1-2,4,6-8H,3,5H2,(H,17,18). The molecule has 2 aliphatic rings. The normalized spacial score (nSPS) is 24.9. The fourth-order valence-corrected chi connectivity index (χ4v) is 2.49. The predicted octanol–water partition coefficient (Wildman–Crippen LogP) is 0.462. The van der Waals surface area contributed by atoms with Gasteiger partial charge in [0.1, 0.15) is 11.9 Å². The molecule has 2 atom stereocenters. The van der Waals surface area contributed by atoms with Crippen molar-refractivity contribution in [1.82, 2.24) is 14.9 Å². The second-order valence-electron chi connectivity index (χ2n) is 4.45. The minimum Gasteiger partial charge on any atom is -0.478 e. The summed E-state index contributed by atoms with van der Waals surface area (Å²) in [5.41, 5.74) is 0.434. The van der Waals surface area contributed by atoms with Gasteiger partial charge in [0.05, 0.1) is 24.2 Å². The number of amides is 1. The van der Waals surface area contributed by atoms with E-state index in [9.17, 15) is 9.59 Å². The molecule has 2 bridgehead atoms. The van der Waals surface area contributed by atoms with Crippen LogP contribution in [0.2, 0.25) is 0 Å². The predicted molar refractivity (Wildman–Crippen MR) is 60.6 cm³/mol. The molecule has 6 heteroatoms. The van der Waals surface area contributed by atoms with Gasteiger partial charge in [-0.25, -0.2) is 14.8 Å². The van der Waals surface area contributed by atoms with E-state index in [-0.39, 0.29) is 30.0 Å². The third kappa shape index (κ3) is 1.57. The van der Waals surface area contributed by atoms with Gasteiger partial charge in [-0.1, -0.05) is 12.2 Å². The first kappa shape index (κ1) is 10.9.